The van der Waals surface area contributed by atoms with Gasteiger partial charge in [0.25, 0.3) is 0 Å². The first-order chi connectivity index (χ1) is 29.8. The van der Waals surface area contributed by atoms with Gasteiger partial charge in [-0.25, -0.2) is 0 Å². The fourth-order valence-corrected chi connectivity index (χ4v) is 9.02. The van der Waals surface area contributed by atoms with Gasteiger partial charge in [-0.3, -0.25) is 0 Å². The number of anilines is 6. The van der Waals surface area contributed by atoms with E-state index < -0.39 is 0 Å². The predicted octanol–water partition coefficient (Wildman–Crippen LogP) is 16.6. The Kier molecular flexibility index (Phi) is 8.87. The first-order valence-electron chi connectivity index (χ1n) is 20.6. The Labute approximate surface area is 350 Å². The second-order valence-corrected chi connectivity index (χ2v) is 15.3. The first kappa shape index (κ1) is 35.2. The smallest absolute Gasteiger partial charge is 0.0546 e. The molecule has 11 aromatic rings. The van der Waals surface area contributed by atoms with Gasteiger partial charge in [-0.05, 0) is 115 Å². The van der Waals surface area contributed by atoms with E-state index in [9.17, 15) is 0 Å². The summed E-state index contributed by atoms with van der Waals surface area (Å²) in [6.07, 6.45) is 0. The number of para-hydroxylation sites is 2. The SMILES string of the molecule is c1ccc(-c2cc(N(c3ccccc3)c3cc4ccccc4c4ccccc34)ccc2-c2ccc(N(c3ccccc3)c3cc4ccccc4c4ccccc34)cc2)cc1. The van der Waals surface area contributed by atoms with Crippen LogP contribution in [-0.4, -0.2) is 0 Å². The van der Waals surface area contributed by atoms with Gasteiger partial charge in [0.05, 0.1) is 11.4 Å². The van der Waals surface area contributed by atoms with Crippen LogP contribution in [0.3, 0.4) is 0 Å². The summed E-state index contributed by atoms with van der Waals surface area (Å²) in [5.41, 5.74) is 11.4. The molecular formula is C58H40N2. The number of fused-ring (bicyclic) bond motifs is 6. The normalized spacial score (nSPS) is 11.3. The van der Waals surface area contributed by atoms with Gasteiger partial charge >= 0.3 is 0 Å². The molecule has 0 bridgehead atoms. The fourth-order valence-electron chi connectivity index (χ4n) is 9.02. The summed E-state index contributed by atoms with van der Waals surface area (Å²) in [4.78, 5) is 4.81. The van der Waals surface area contributed by atoms with Crippen molar-refractivity contribution < 1.29 is 0 Å². The predicted molar refractivity (Wildman–Crippen MR) is 257 cm³/mol. The Balaban J connectivity index is 1.07. The summed E-state index contributed by atoms with van der Waals surface area (Å²) in [7, 11) is 0. The summed E-state index contributed by atoms with van der Waals surface area (Å²) in [5.74, 6) is 0. The van der Waals surface area contributed by atoms with Crippen LogP contribution >= 0.6 is 0 Å². The first-order valence-corrected chi connectivity index (χ1v) is 20.6. The molecule has 0 heterocycles. The second-order valence-electron chi connectivity index (χ2n) is 15.3. The molecule has 0 fully saturated rings. The summed E-state index contributed by atoms with van der Waals surface area (Å²) < 4.78 is 0. The van der Waals surface area contributed by atoms with Crippen LogP contribution in [0.1, 0.15) is 0 Å². The average Bonchev–Trinajstić information content (AvgIpc) is 3.33. The second kappa shape index (κ2) is 15.1. The highest BCUT2D eigenvalue weighted by Crippen LogP contribution is 2.46. The minimum atomic E-state index is 1.10. The van der Waals surface area contributed by atoms with Crippen LogP contribution in [0.5, 0.6) is 0 Å². The fraction of sp³-hybridized carbons (Fsp3) is 0. The number of hydrogen-bond acceptors (Lipinski definition) is 2. The molecule has 0 saturated heterocycles. The maximum Gasteiger partial charge on any atom is 0.0546 e. The lowest BCUT2D eigenvalue weighted by atomic mass is 9.93. The summed E-state index contributed by atoms with van der Waals surface area (Å²) in [6, 6.07) is 87.9. The summed E-state index contributed by atoms with van der Waals surface area (Å²) in [5, 5.41) is 9.87. The van der Waals surface area contributed by atoms with E-state index in [0.717, 1.165) is 39.7 Å². The van der Waals surface area contributed by atoms with Crippen molar-refractivity contribution in [2.75, 3.05) is 9.80 Å². The summed E-state index contributed by atoms with van der Waals surface area (Å²) in [6.45, 7) is 0. The Bertz CT molecular complexity index is 3300. The van der Waals surface area contributed by atoms with Crippen LogP contribution in [0.25, 0.3) is 65.3 Å². The molecule has 0 saturated carbocycles. The zero-order valence-electron chi connectivity index (χ0n) is 33.0. The minimum absolute atomic E-state index is 1.10. The van der Waals surface area contributed by atoms with Gasteiger partial charge in [0.15, 0.2) is 0 Å². The highest BCUT2D eigenvalue weighted by molar-refractivity contribution is 6.16. The van der Waals surface area contributed by atoms with Crippen LogP contribution in [0.15, 0.2) is 243 Å². The van der Waals surface area contributed by atoms with Crippen molar-refractivity contribution in [2.24, 2.45) is 0 Å². The zero-order chi connectivity index (χ0) is 39.8. The van der Waals surface area contributed by atoms with Crippen molar-refractivity contribution in [1.82, 2.24) is 0 Å². The van der Waals surface area contributed by atoms with Crippen LogP contribution in [0, 0.1) is 0 Å². The van der Waals surface area contributed by atoms with Crippen LogP contribution < -0.4 is 9.80 Å². The average molecular weight is 765 g/mol. The Morgan fingerprint density at radius 3 is 1.10 bits per heavy atom. The summed E-state index contributed by atoms with van der Waals surface area (Å²) >= 11 is 0. The molecule has 0 N–H and O–H groups in total. The molecule has 0 spiro atoms. The third-order valence-electron chi connectivity index (χ3n) is 11.8. The third kappa shape index (κ3) is 6.23. The molecule has 2 heteroatoms. The highest BCUT2D eigenvalue weighted by Gasteiger charge is 2.21. The Morgan fingerprint density at radius 2 is 0.583 bits per heavy atom. The van der Waals surface area contributed by atoms with E-state index in [0.29, 0.717) is 0 Å². The molecule has 0 unspecified atom stereocenters. The topological polar surface area (TPSA) is 6.48 Å². The van der Waals surface area contributed by atoms with E-state index >= 15 is 0 Å². The van der Waals surface area contributed by atoms with E-state index in [1.54, 1.807) is 0 Å². The number of nitrogens with zero attached hydrogens (tertiary/aromatic N) is 2. The zero-order valence-corrected chi connectivity index (χ0v) is 33.0. The lowest BCUT2D eigenvalue weighted by molar-refractivity contribution is 1.30. The monoisotopic (exact) mass is 764 g/mol. The minimum Gasteiger partial charge on any atom is -0.310 e. The van der Waals surface area contributed by atoms with Crippen molar-refractivity contribution in [2.45, 2.75) is 0 Å². The van der Waals surface area contributed by atoms with Gasteiger partial charge in [-0.1, -0.05) is 182 Å². The molecule has 11 rings (SSSR count). The quantitative estimate of drug-likeness (QED) is 0.142. The van der Waals surface area contributed by atoms with E-state index in [2.05, 4.69) is 252 Å². The lowest BCUT2D eigenvalue weighted by Gasteiger charge is -2.29. The van der Waals surface area contributed by atoms with E-state index in [-0.39, 0.29) is 0 Å². The van der Waals surface area contributed by atoms with Gasteiger partial charge in [0, 0.05) is 33.5 Å². The molecule has 0 aliphatic rings. The molecule has 0 aliphatic carbocycles. The van der Waals surface area contributed by atoms with Gasteiger partial charge < -0.3 is 9.80 Å². The molecule has 0 amide bonds. The molecule has 0 aromatic heterocycles. The molecule has 60 heavy (non-hydrogen) atoms. The molecule has 11 aromatic carbocycles. The highest BCUT2D eigenvalue weighted by atomic mass is 15.1. The maximum absolute atomic E-state index is 2.42. The number of rotatable bonds is 8. The van der Waals surface area contributed by atoms with Crippen LogP contribution in [0.2, 0.25) is 0 Å². The van der Waals surface area contributed by atoms with E-state index in [1.165, 1.54) is 59.8 Å². The molecule has 0 aliphatic heterocycles. The van der Waals surface area contributed by atoms with Gasteiger partial charge in [-0.15, -0.1) is 0 Å². The molecule has 282 valence electrons. The Morgan fingerprint density at radius 1 is 0.217 bits per heavy atom. The Hall–Kier alpha value is -7.94. The largest absolute Gasteiger partial charge is 0.310 e. The van der Waals surface area contributed by atoms with Gasteiger partial charge in [-0.2, -0.15) is 0 Å². The molecular weight excluding hydrogens is 725 g/mol. The van der Waals surface area contributed by atoms with Gasteiger partial charge in [0.1, 0.15) is 0 Å². The van der Waals surface area contributed by atoms with Crippen molar-refractivity contribution in [3.63, 3.8) is 0 Å². The molecule has 0 radical (unpaired) electrons. The van der Waals surface area contributed by atoms with Gasteiger partial charge in [0.2, 0.25) is 0 Å². The van der Waals surface area contributed by atoms with E-state index in [4.69, 9.17) is 0 Å². The third-order valence-corrected chi connectivity index (χ3v) is 11.8. The molecule has 0 atom stereocenters. The molecule has 2 nitrogen and oxygen atoms in total. The van der Waals surface area contributed by atoms with E-state index in [1.807, 2.05) is 0 Å². The standard InChI is InChI=1S/C58H40N2/c1-4-18-41(19-5-1)56-40-48(60(46-24-8-3-9-25-46)58-39-44-21-11-13-27-50(44)53-29-15-17-31-55(53)58)36-37-51(56)42-32-34-47(35-33-42)59(45-22-6-2-7-23-45)57-38-43-20-10-12-26-49(43)52-28-14-16-30-54(52)57/h1-40H. The van der Waals surface area contributed by atoms with Crippen LogP contribution in [-0.2, 0) is 0 Å². The number of hydrogen-bond donors (Lipinski definition) is 0. The van der Waals surface area contributed by atoms with Crippen molar-refractivity contribution in [3.8, 4) is 22.3 Å². The van der Waals surface area contributed by atoms with Crippen molar-refractivity contribution >= 4 is 77.2 Å². The maximum atomic E-state index is 2.42. The lowest BCUT2D eigenvalue weighted by Crippen LogP contribution is -2.11. The van der Waals surface area contributed by atoms with Crippen LogP contribution in [0.4, 0.5) is 34.1 Å². The number of benzene rings is 11. The van der Waals surface area contributed by atoms with Crippen molar-refractivity contribution in [3.05, 3.63) is 243 Å². The van der Waals surface area contributed by atoms with Crippen molar-refractivity contribution in [1.29, 1.82) is 0 Å².